The molecule has 2 N–H and O–H groups in total. The standard InChI is InChI=1S/C11H16N2O2/c12-10-13-9(14)11(15-10)5-7-3-1-2-4-8(7)6-11/h7-8H,1-6H2,(H2,12,13,14)/t7-,8+,11?. The fraction of sp³-hybridized carbons (Fsp3) is 0.818. The van der Waals surface area contributed by atoms with Gasteiger partial charge in [-0.3, -0.25) is 15.5 Å². The Morgan fingerprint density at radius 1 is 1.27 bits per heavy atom. The lowest BCUT2D eigenvalue weighted by Gasteiger charge is -2.23. The van der Waals surface area contributed by atoms with Gasteiger partial charge in [-0.05, 0) is 24.7 Å². The molecule has 82 valence electrons. The van der Waals surface area contributed by atoms with E-state index >= 15 is 0 Å². The molecule has 3 fully saturated rings. The Morgan fingerprint density at radius 3 is 2.33 bits per heavy atom. The quantitative estimate of drug-likeness (QED) is 0.632. The zero-order valence-electron chi connectivity index (χ0n) is 8.71. The highest BCUT2D eigenvalue weighted by Gasteiger charge is 2.56. The van der Waals surface area contributed by atoms with Gasteiger partial charge in [-0.2, -0.15) is 0 Å². The molecule has 4 nitrogen and oxygen atoms in total. The molecule has 0 bridgehead atoms. The van der Waals surface area contributed by atoms with Gasteiger partial charge in [0, 0.05) is 0 Å². The normalized spacial score (nSPS) is 44.0. The maximum atomic E-state index is 11.8. The molecule has 3 aliphatic rings. The molecule has 1 aliphatic heterocycles. The summed E-state index contributed by atoms with van der Waals surface area (Å²) in [5.74, 6) is 1.22. The van der Waals surface area contributed by atoms with Crippen molar-refractivity contribution in [3.05, 3.63) is 0 Å². The Bertz CT molecular complexity index is 313. The van der Waals surface area contributed by atoms with Gasteiger partial charge in [-0.1, -0.05) is 25.7 Å². The summed E-state index contributed by atoms with van der Waals surface area (Å²) in [5.41, 5.74) is -0.670. The SMILES string of the molecule is N=C1NC(=O)C2(C[C@H]3CCCC[C@H]3C2)O1. The molecular formula is C11H16N2O2. The van der Waals surface area contributed by atoms with Gasteiger partial charge in [0.15, 0.2) is 5.60 Å². The highest BCUT2D eigenvalue weighted by molar-refractivity contribution is 6.03. The van der Waals surface area contributed by atoms with E-state index in [2.05, 4.69) is 5.32 Å². The summed E-state index contributed by atoms with van der Waals surface area (Å²) >= 11 is 0. The lowest BCUT2D eigenvalue weighted by Crippen LogP contribution is -2.36. The first-order valence-electron chi connectivity index (χ1n) is 5.79. The van der Waals surface area contributed by atoms with Gasteiger partial charge in [0.2, 0.25) is 0 Å². The van der Waals surface area contributed by atoms with Crippen molar-refractivity contribution in [2.45, 2.75) is 44.1 Å². The number of ether oxygens (including phenoxy) is 1. The highest BCUT2D eigenvalue weighted by atomic mass is 16.5. The summed E-state index contributed by atoms with van der Waals surface area (Å²) in [7, 11) is 0. The topological polar surface area (TPSA) is 62.2 Å². The van der Waals surface area contributed by atoms with E-state index in [1.54, 1.807) is 0 Å². The number of hydrogen-bond donors (Lipinski definition) is 2. The molecular weight excluding hydrogens is 192 g/mol. The first kappa shape index (κ1) is 9.19. The summed E-state index contributed by atoms with van der Waals surface area (Å²) < 4.78 is 5.44. The average molecular weight is 208 g/mol. The summed E-state index contributed by atoms with van der Waals surface area (Å²) in [6.07, 6.45) is 6.69. The van der Waals surface area contributed by atoms with Crippen LogP contribution in [-0.4, -0.2) is 17.5 Å². The van der Waals surface area contributed by atoms with Crippen molar-refractivity contribution < 1.29 is 9.53 Å². The second-order valence-electron chi connectivity index (χ2n) is 5.09. The molecule has 3 atom stereocenters. The monoisotopic (exact) mass is 208 g/mol. The van der Waals surface area contributed by atoms with Crippen LogP contribution in [0.5, 0.6) is 0 Å². The van der Waals surface area contributed by atoms with Crippen LogP contribution in [0.1, 0.15) is 38.5 Å². The van der Waals surface area contributed by atoms with Gasteiger partial charge in [-0.15, -0.1) is 0 Å². The Hall–Kier alpha value is -1.06. The van der Waals surface area contributed by atoms with Crippen LogP contribution in [0.25, 0.3) is 0 Å². The molecule has 1 saturated heterocycles. The van der Waals surface area contributed by atoms with Crippen LogP contribution in [0.4, 0.5) is 0 Å². The van der Waals surface area contributed by atoms with Crippen LogP contribution >= 0.6 is 0 Å². The highest BCUT2D eigenvalue weighted by Crippen LogP contribution is 2.49. The Balaban J connectivity index is 1.84. The Labute approximate surface area is 88.9 Å². The van der Waals surface area contributed by atoms with Gasteiger partial charge in [0.25, 0.3) is 11.9 Å². The molecule has 1 unspecified atom stereocenters. The lowest BCUT2D eigenvalue weighted by atomic mass is 9.82. The minimum absolute atomic E-state index is 0.0568. The number of amides is 1. The largest absolute Gasteiger partial charge is 0.448 e. The van der Waals surface area contributed by atoms with E-state index < -0.39 is 5.60 Å². The van der Waals surface area contributed by atoms with E-state index in [1.165, 1.54) is 25.7 Å². The second kappa shape index (κ2) is 2.97. The zero-order chi connectivity index (χ0) is 10.5. The molecule has 3 rings (SSSR count). The molecule has 1 heterocycles. The van der Waals surface area contributed by atoms with Crippen LogP contribution in [0.2, 0.25) is 0 Å². The van der Waals surface area contributed by atoms with E-state index in [0.717, 1.165) is 12.8 Å². The maximum absolute atomic E-state index is 11.8. The molecule has 15 heavy (non-hydrogen) atoms. The van der Waals surface area contributed by atoms with Crippen molar-refractivity contribution in [1.82, 2.24) is 5.32 Å². The second-order valence-corrected chi connectivity index (χ2v) is 5.09. The molecule has 0 aromatic carbocycles. The number of carbonyl (C=O) groups is 1. The summed E-state index contributed by atoms with van der Waals surface area (Å²) in [4.78, 5) is 11.8. The van der Waals surface area contributed by atoms with Crippen molar-refractivity contribution in [2.24, 2.45) is 11.8 Å². The minimum atomic E-state index is -0.670. The molecule has 0 aromatic rings. The minimum Gasteiger partial charge on any atom is -0.448 e. The van der Waals surface area contributed by atoms with Gasteiger partial charge in [-0.25, -0.2) is 0 Å². The number of hydrogen-bond acceptors (Lipinski definition) is 3. The van der Waals surface area contributed by atoms with E-state index in [4.69, 9.17) is 10.1 Å². The number of fused-ring (bicyclic) bond motifs is 1. The van der Waals surface area contributed by atoms with Crippen molar-refractivity contribution in [3.8, 4) is 0 Å². The molecule has 2 saturated carbocycles. The summed E-state index contributed by atoms with van der Waals surface area (Å²) in [5, 5.41) is 9.86. The molecule has 2 aliphatic carbocycles. The number of amidine groups is 1. The first-order valence-corrected chi connectivity index (χ1v) is 5.79. The predicted octanol–water partition coefficient (Wildman–Crippen LogP) is 1.41. The predicted molar refractivity (Wildman–Crippen MR) is 54.4 cm³/mol. The van der Waals surface area contributed by atoms with Gasteiger partial charge < -0.3 is 4.74 Å². The van der Waals surface area contributed by atoms with Crippen LogP contribution in [0.15, 0.2) is 0 Å². The van der Waals surface area contributed by atoms with Crippen LogP contribution in [-0.2, 0) is 9.53 Å². The van der Waals surface area contributed by atoms with Crippen molar-refractivity contribution in [3.63, 3.8) is 0 Å². The first-order chi connectivity index (χ1) is 7.20. The van der Waals surface area contributed by atoms with Gasteiger partial charge >= 0.3 is 0 Å². The van der Waals surface area contributed by atoms with Crippen molar-refractivity contribution in [1.29, 1.82) is 5.41 Å². The number of nitrogens with one attached hydrogen (secondary N) is 2. The molecule has 1 amide bonds. The van der Waals surface area contributed by atoms with E-state index in [1.807, 2.05) is 0 Å². The van der Waals surface area contributed by atoms with E-state index in [0.29, 0.717) is 11.8 Å². The molecule has 0 aromatic heterocycles. The number of carbonyl (C=O) groups excluding carboxylic acids is 1. The molecule has 0 radical (unpaired) electrons. The third kappa shape index (κ3) is 1.27. The Morgan fingerprint density at radius 2 is 1.87 bits per heavy atom. The summed E-state index contributed by atoms with van der Waals surface area (Å²) in [6, 6.07) is -0.0568. The fourth-order valence-corrected chi connectivity index (χ4v) is 3.51. The van der Waals surface area contributed by atoms with Crippen LogP contribution in [0.3, 0.4) is 0 Å². The van der Waals surface area contributed by atoms with E-state index in [-0.39, 0.29) is 11.9 Å². The smallest absolute Gasteiger partial charge is 0.289 e. The molecule has 4 heteroatoms. The maximum Gasteiger partial charge on any atom is 0.289 e. The van der Waals surface area contributed by atoms with Crippen molar-refractivity contribution in [2.75, 3.05) is 0 Å². The average Bonchev–Trinajstić information content (AvgIpc) is 2.67. The van der Waals surface area contributed by atoms with Gasteiger partial charge in [0.05, 0.1) is 0 Å². The fourth-order valence-electron chi connectivity index (χ4n) is 3.51. The molecule has 1 spiro atoms. The Kier molecular flexibility index (Phi) is 1.82. The summed E-state index contributed by atoms with van der Waals surface area (Å²) in [6.45, 7) is 0. The van der Waals surface area contributed by atoms with E-state index in [9.17, 15) is 4.79 Å². The van der Waals surface area contributed by atoms with Gasteiger partial charge in [0.1, 0.15) is 0 Å². The van der Waals surface area contributed by atoms with Crippen LogP contribution < -0.4 is 5.32 Å². The lowest BCUT2D eigenvalue weighted by molar-refractivity contribution is -0.130. The third-order valence-electron chi connectivity index (χ3n) is 4.19. The third-order valence-corrected chi connectivity index (χ3v) is 4.19. The van der Waals surface area contributed by atoms with Crippen molar-refractivity contribution >= 4 is 11.9 Å². The number of rotatable bonds is 0. The van der Waals surface area contributed by atoms with Crippen LogP contribution in [0, 0.1) is 17.2 Å². The zero-order valence-corrected chi connectivity index (χ0v) is 8.71.